The van der Waals surface area contributed by atoms with Crippen LogP contribution in [0.1, 0.15) is 36.3 Å². The number of carbonyl (C=O) groups excluding carboxylic acids is 1. The third-order valence-electron chi connectivity index (χ3n) is 4.91. The van der Waals surface area contributed by atoms with Crippen LogP contribution in [-0.4, -0.2) is 43.4 Å². The van der Waals surface area contributed by atoms with Crippen LogP contribution >= 0.6 is 23.2 Å². The number of halogens is 2. The van der Waals surface area contributed by atoms with E-state index in [1.165, 1.54) is 12.1 Å². The van der Waals surface area contributed by atoms with Crippen LogP contribution in [-0.2, 0) is 14.9 Å². The molecule has 0 radical (unpaired) electrons. The summed E-state index contributed by atoms with van der Waals surface area (Å²) in [5.41, 5.74) is 7.44. The highest BCUT2D eigenvalue weighted by atomic mass is 35.5. The Labute approximate surface area is 199 Å². The first kappa shape index (κ1) is 26.2. The fourth-order valence-corrected chi connectivity index (χ4v) is 3.99. The molecule has 0 aliphatic carbocycles. The zero-order chi connectivity index (χ0) is 23.7. The van der Waals surface area contributed by atoms with Crippen molar-refractivity contribution in [3.63, 3.8) is 0 Å². The molecule has 1 amide bonds. The molecule has 172 valence electrons. The van der Waals surface area contributed by atoms with E-state index in [1.807, 2.05) is 19.1 Å². The number of amides is 1. The van der Waals surface area contributed by atoms with E-state index in [0.29, 0.717) is 29.6 Å². The molecular weight excluding hydrogens is 471 g/mol. The van der Waals surface area contributed by atoms with Gasteiger partial charge in [-0.25, -0.2) is 0 Å². The minimum Gasteiger partial charge on any atom is -0.331 e. The average molecular weight is 497 g/mol. The van der Waals surface area contributed by atoms with Crippen LogP contribution in [0, 0.1) is 18.8 Å². The van der Waals surface area contributed by atoms with Gasteiger partial charge in [0.05, 0.1) is 14.9 Å². The Hall–Kier alpha value is -2.08. The Bertz CT molecular complexity index is 1090. The van der Waals surface area contributed by atoms with Crippen LogP contribution in [0.2, 0.25) is 10.0 Å². The van der Waals surface area contributed by atoms with Crippen LogP contribution in [0.3, 0.4) is 0 Å². The largest absolute Gasteiger partial charge is 0.331 e. The monoisotopic (exact) mass is 496 g/mol. The van der Waals surface area contributed by atoms with E-state index < -0.39 is 10.1 Å². The molecule has 9 heteroatoms. The molecule has 1 aliphatic heterocycles. The summed E-state index contributed by atoms with van der Waals surface area (Å²) in [6.07, 6.45) is 2.56. The number of aryl methyl sites for hydroxylation is 1. The highest BCUT2D eigenvalue weighted by Gasteiger charge is 2.24. The molecule has 1 aliphatic rings. The molecule has 0 aromatic heterocycles. The topological polar surface area (TPSA) is 101 Å². The van der Waals surface area contributed by atoms with Gasteiger partial charge in [0, 0.05) is 32.0 Å². The zero-order valence-corrected chi connectivity index (χ0v) is 20.1. The molecule has 1 heterocycles. The van der Waals surface area contributed by atoms with Gasteiger partial charge in [-0.3, -0.25) is 9.35 Å². The molecular formula is C23H26Cl2N2O4S. The second kappa shape index (κ2) is 12.2. The normalized spacial score (nSPS) is 15.8. The van der Waals surface area contributed by atoms with Gasteiger partial charge in [0.1, 0.15) is 0 Å². The number of carbonyl (C=O) groups is 1. The molecule has 3 N–H and O–H groups in total. The number of hydrogen-bond acceptors (Lipinski definition) is 4. The number of likely N-dealkylation sites (tertiary alicyclic amines) is 1. The molecule has 1 fully saturated rings. The van der Waals surface area contributed by atoms with Crippen molar-refractivity contribution in [3.05, 3.63) is 63.6 Å². The Morgan fingerprint density at radius 2 is 1.88 bits per heavy atom. The fourth-order valence-electron chi connectivity index (χ4n) is 3.20. The van der Waals surface area contributed by atoms with Crippen LogP contribution in [0.25, 0.3) is 0 Å². The van der Waals surface area contributed by atoms with Gasteiger partial charge in [0.15, 0.2) is 0 Å². The Balaban J connectivity index is 0.000000278. The van der Waals surface area contributed by atoms with E-state index in [4.69, 9.17) is 33.5 Å². The van der Waals surface area contributed by atoms with Crippen LogP contribution in [0.5, 0.6) is 0 Å². The van der Waals surface area contributed by atoms with E-state index in [2.05, 4.69) is 11.8 Å². The number of benzene rings is 2. The minimum atomic E-state index is -4.02. The van der Waals surface area contributed by atoms with Gasteiger partial charge >= 0.3 is 0 Å². The second-order valence-electron chi connectivity index (χ2n) is 7.39. The molecule has 6 nitrogen and oxygen atoms in total. The summed E-state index contributed by atoms with van der Waals surface area (Å²) < 4.78 is 29.6. The number of hydrogen-bond donors (Lipinski definition) is 2. The van der Waals surface area contributed by atoms with Crippen molar-refractivity contribution >= 4 is 39.2 Å². The smallest absolute Gasteiger partial charge is 0.298 e. The lowest BCUT2D eigenvalue weighted by molar-refractivity contribution is -0.126. The lowest BCUT2D eigenvalue weighted by Crippen LogP contribution is -2.38. The van der Waals surface area contributed by atoms with Gasteiger partial charge in [0.25, 0.3) is 16.0 Å². The lowest BCUT2D eigenvalue weighted by Gasteiger charge is -2.31. The zero-order valence-electron chi connectivity index (χ0n) is 17.7. The predicted octanol–water partition coefficient (Wildman–Crippen LogP) is 4.29. The third-order valence-corrected chi connectivity index (χ3v) is 6.51. The van der Waals surface area contributed by atoms with Crippen molar-refractivity contribution in [3.8, 4) is 11.8 Å². The summed E-state index contributed by atoms with van der Waals surface area (Å²) in [5.74, 6) is 5.62. The summed E-state index contributed by atoms with van der Waals surface area (Å²) in [6.45, 7) is 3.75. The Morgan fingerprint density at radius 1 is 1.19 bits per heavy atom. The molecule has 32 heavy (non-hydrogen) atoms. The highest BCUT2D eigenvalue weighted by molar-refractivity contribution is 7.85. The van der Waals surface area contributed by atoms with Crippen molar-refractivity contribution in [2.75, 3.05) is 19.6 Å². The molecule has 2 aromatic carbocycles. The lowest BCUT2D eigenvalue weighted by atomic mass is 9.90. The minimum absolute atomic E-state index is 0.0666. The maximum Gasteiger partial charge on any atom is 0.298 e. The number of rotatable bonds is 3. The van der Waals surface area contributed by atoms with E-state index >= 15 is 0 Å². The van der Waals surface area contributed by atoms with Gasteiger partial charge < -0.3 is 10.6 Å². The average Bonchev–Trinajstić information content (AvgIpc) is 2.76. The maximum absolute atomic E-state index is 12.0. The van der Waals surface area contributed by atoms with Crippen molar-refractivity contribution < 1.29 is 17.8 Å². The molecule has 0 saturated carbocycles. The van der Waals surface area contributed by atoms with Gasteiger partial charge in [0.2, 0.25) is 0 Å². The molecule has 0 spiro atoms. The Kier molecular flexibility index (Phi) is 10.0. The maximum atomic E-state index is 12.0. The summed E-state index contributed by atoms with van der Waals surface area (Å²) in [6, 6.07) is 11.7. The summed E-state index contributed by atoms with van der Waals surface area (Å²) in [7, 11) is -4.02. The van der Waals surface area contributed by atoms with Crippen molar-refractivity contribution in [2.24, 2.45) is 5.73 Å². The second-order valence-corrected chi connectivity index (χ2v) is 9.63. The SMILES string of the molecule is Cc1ccc(S(=O)(=O)O)cc1.NCCC#CC(=O)N1CCCC(c2ccc(Cl)c(Cl)c2)C1. The third kappa shape index (κ3) is 8.12. The standard InChI is InChI=1S/C16H18Cl2N2O.C7H8O3S/c17-14-7-6-12(10-15(14)18)13-4-3-9-20(11-13)16(21)5-1-2-8-19;1-6-2-4-7(5-3-6)11(8,9)10/h6-7,10,13H,2-4,8-9,11,19H2;2-5H,1H3,(H,8,9,10). The van der Waals surface area contributed by atoms with Crippen molar-refractivity contribution in [1.29, 1.82) is 0 Å². The van der Waals surface area contributed by atoms with E-state index in [1.54, 1.807) is 23.1 Å². The molecule has 1 atom stereocenters. The van der Waals surface area contributed by atoms with Crippen LogP contribution in [0.4, 0.5) is 0 Å². The highest BCUT2D eigenvalue weighted by Crippen LogP contribution is 2.31. The number of piperidine rings is 1. The van der Waals surface area contributed by atoms with E-state index in [9.17, 15) is 13.2 Å². The predicted molar refractivity (Wildman–Crippen MR) is 127 cm³/mol. The molecule has 0 bridgehead atoms. The first-order chi connectivity index (χ1) is 15.1. The van der Waals surface area contributed by atoms with Gasteiger partial charge in [-0.1, -0.05) is 52.9 Å². The molecule has 1 unspecified atom stereocenters. The first-order valence-electron chi connectivity index (χ1n) is 10.1. The van der Waals surface area contributed by atoms with Crippen molar-refractivity contribution in [2.45, 2.75) is 37.0 Å². The molecule has 2 aromatic rings. The van der Waals surface area contributed by atoms with E-state index in [-0.39, 0.29) is 16.7 Å². The van der Waals surface area contributed by atoms with Gasteiger partial charge in [-0.2, -0.15) is 8.42 Å². The van der Waals surface area contributed by atoms with Crippen LogP contribution < -0.4 is 5.73 Å². The van der Waals surface area contributed by atoms with Crippen LogP contribution in [0.15, 0.2) is 47.4 Å². The molecule has 1 saturated heterocycles. The summed E-state index contributed by atoms with van der Waals surface area (Å²) >= 11 is 12.0. The van der Waals surface area contributed by atoms with E-state index in [0.717, 1.165) is 30.5 Å². The van der Waals surface area contributed by atoms with Gasteiger partial charge in [-0.05, 0) is 55.5 Å². The number of nitrogens with two attached hydrogens (primary N) is 1. The quantitative estimate of drug-likeness (QED) is 0.487. The Morgan fingerprint density at radius 3 is 2.47 bits per heavy atom. The summed E-state index contributed by atoms with van der Waals surface area (Å²) in [5, 5.41) is 1.11. The first-order valence-corrected chi connectivity index (χ1v) is 12.3. The number of nitrogens with zero attached hydrogens (tertiary/aromatic N) is 1. The fraction of sp³-hybridized carbons (Fsp3) is 0.348. The van der Waals surface area contributed by atoms with Gasteiger partial charge in [-0.15, -0.1) is 0 Å². The van der Waals surface area contributed by atoms with Crippen molar-refractivity contribution in [1.82, 2.24) is 4.90 Å². The summed E-state index contributed by atoms with van der Waals surface area (Å²) in [4.78, 5) is 13.8. The molecule has 3 rings (SSSR count).